The number of ether oxygens (including phenoxy) is 1. The lowest BCUT2D eigenvalue weighted by atomic mass is 10.2. The van der Waals surface area contributed by atoms with Crippen molar-refractivity contribution in [2.45, 2.75) is 0 Å². The molecule has 3 rings (SSSR count). The molecule has 1 aliphatic heterocycles. The van der Waals surface area contributed by atoms with Crippen molar-refractivity contribution in [2.75, 3.05) is 43.1 Å². The zero-order valence-corrected chi connectivity index (χ0v) is 12.6. The number of rotatable bonds is 3. The Kier molecular flexibility index (Phi) is 4.10. The normalized spacial score (nSPS) is 14.5. The zero-order chi connectivity index (χ0) is 15.4. The smallest absolute Gasteiger partial charge is 0.128 e. The summed E-state index contributed by atoms with van der Waals surface area (Å²) in [5, 5.41) is 8.82. The third-order valence-electron chi connectivity index (χ3n) is 3.92. The Hall–Kier alpha value is -2.74. The van der Waals surface area contributed by atoms with E-state index >= 15 is 0 Å². The van der Waals surface area contributed by atoms with Crippen LogP contribution < -0.4 is 14.5 Å². The molecule has 0 aliphatic carbocycles. The van der Waals surface area contributed by atoms with Gasteiger partial charge in [-0.3, -0.25) is 0 Å². The maximum Gasteiger partial charge on any atom is 0.128 e. The van der Waals surface area contributed by atoms with E-state index in [1.165, 1.54) is 5.69 Å². The number of methoxy groups -OCH3 is 1. The quantitative estimate of drug-likeness (QED) is 0.869. The summed E-state index contributed by atoms with van der Waals surface area (Å²) in [5.74, 6) is 1.82. The summed E-state index contributed by atoms with van der Waals surface area (Å²) in [7, 11) is 1.68. The molecule has 1 fully saturated rings. The average molecular weight is 294 g/mol. The monoisotopic (exact) mass is 294 g/mol. The first-order valence-electron chi connectivity index (χ1n) is 7.30. The van der Waals surface area contributed by atoms with Gasteiger partial charge in [-0.2, -0.15) is 5.26 Å². The maximum absolute atomic E-state index is 8.82. The number of pyridine rings is 1. The van der Waals surface area contributed by atoms with Crippen LogP contribution in [0.4, 0.5) is 11.5 Å². The zero-order valence-electron chi connectivity index (χ0n) is 12.6. The molecule has 0 saturated carbocycles. The van der Waals surface area contributed by atoms with E-state index in [-0.39, 0.29) is 0 Å². The summed E-state index contributed by atoms with van der Waals surface area (Å²) in [6.45, 7) is 3.75. The summed E-state index contributed by atoms with van der Waals surface area (Å²) >= 11 is 0. The standard InChI is InChI=1S/C17H18N4O/c1-22-16-5-3-15(4-6-16)20-8-10-21(11-9-20)17-7-2-14(12-18)13-19-17/h2-7,13H,8-11H2,1H3. The molecule has 0 radical (unpaired) electrons. The molecule has 0 unspecified atom stereocenters. The van der Waals surface area contributed by atoms with Gasteiger partial charge in [0.15, 0.2) is 0 Å². The highest BCUT2D eigenvalue weighted by Gasteiger charge is 2.18. The maximum atomic E-state index is 8.82. The van der Waals surface area contributed by atoms with Gasteiger partial charge in [0.05, 0.1) is 12.7 Å². The molecule has 2 aromatic rings. The van der Waals surface area contributed by atoms with E-state index in [1.54, 1.807) is 13.3 Å². The molecule has 5 nitrogen and oxygen atoms in total. The highest BCUT2D eigenvalue weighted by atomic mass is 16.5. The van der Waals surface area contributed by atoms with Crippen molar-refractivity contribution >= 4 is 11.5 Å². The van der Waals surface area contributed by atoms with Gasteiger partial charge >= 0.3 is 0 Å². The first-order chi connectivity index (χ1) is 10.8. The van der Waals surface area contributed by atoms with Crippen LogP contribution in [0.5, 0.6) is 5.75 Å². The van der Waals surface area contributed by atoms with Crippen molar-refractivity contribution in [1.82, 2.24) is 4.98 Å². The van der Waals surface area contributed by atoms with Crippen LogP contribution in [0.15, 0.2) is 42.6 Å². The summed E-state index contributed by atoms with van der Waals surface area (Å²) in [4.78, 5) is 8.97. The van der Waals surface area contributed by atoms with E-state index in [2.05, 4.69) is 33.0 Å². The molecule has 1 aliphatic rings. The molecule has 1 saturated heterocycles. The van der Waals surface area contributed by atoms with E-state index in [9.17, 15) is 0 Å². The predicted octanol–water partition coefficient (Wildman–Crippen LogP) is 2.29. The molecule has 1 aromatic carbocycles. The Morgan fingerprint density at radius 3 is 2.23 bits per heavy atom. The average Bonchev–Trinajstić information content (AvgIpc) is 2.62. The molecule has 2 heterocycles. The van der Waals surface area contributed by atoms with E-state index < -0.39 is 0 Å². The van der Waals surface area contributed by atoms with Crippen LogP contribution in [0, 0.1) is 11.3 Å². The number of piperazine rings is 1. The van der Waals surface area contributed by atoms with Gasteiger partial charge in [-0.15, -0.1) is 0 Å². The molecule has 22 heavy (non-hydrogen) atoms. The molecule has 112 valence electrons. The van der Waals surface area contributed by atoms with E-state index in [0.29, 0.717) is 5.56 Å². The highest BCUT2D eigenvalue weighted by molar-refractivity contribution is 5.51. The van der Waals surface area contributed by atoms with Gasteiger partial charge in [-0.25, -0.2) is 4.98 Å². The van der Waals surface area contributed by atoms with Crippen molar-refractivity contribution in [1.29, 1.82) is 5.26 Å². The Balaban J connectivity index is 1.62. The molecule has 0 atom stereocenters. The van der Waals surface area contributed by atoms with Gasteiger partial charge in [0.2, 0.25) is 0 Å². The van der Waals surface area contributed by atoms with Crippen molar-refractivity contribution < 1.29 is 4.74 Å². The Bertz CT molecular complexity index is 653. The fourth-order valence-corrected chi connectivity index (χ4v) is 2.63. The van der Waals surface area contributed by atoms with E-state index in [1.807, 2.05) is 24.3 Å². The van der Waals surface area contributed by atoms with Gasteiger partial charge < -0.3 is 14.5 Å². The molecule has 0 amide bonds. The SMILES string of the molecule is COc1ccc(N2CCN(c3ccc(C#N)cn3)CC2)cc1. The number of hydrogen-bond donors (Lipinski definition) is 0. The largest absolute Gasteiger partial charge is 0.497 e. The second-order valence-corrected chi connectivity index (χ2v) is 5.19. The van der Waals surface area contributed by atoms with Crippen molar-refractivity contribution in [3.05, 3.63) is 48.2 Å². The van der Waals surface area contributed by atoms with Crippen LogP contribution in [0.1, 0.15) is 5.56 Å². The number of nitrogens with zero attached hydrogens (tertiary/aromatic N) is 4. The predicted molar refractivity (Wildman–Crippen MR) is 86.4 cm³/mol. The van der Waals surface area contributed by atoms with Crippen LogP contribution in [-0.4, -0.2) is 38.3 Å². The first kappa shape index (κ1) is 14.2. The molecular formula is C17H18N4O. The summed E-state index contributed by atoms with van der Waals surface area (Å²) in [5.41, 5.74) is 1.81. The van der Waals surface area contributed by atoms with Gasteiger partial charge in [-0.1, -0.05) is 0 Å². The number of anilines is 2. The number of aromatic nitrogens is 1. The van der Waals surface area contributed by atoms with Gasteiger partial charge in [0.25, 0.3) is 0 Å². The number of benzene rings is 1. The molecular weight excluding hydrogens is 276 g/mol. The second kappa shape index (κ2) is 6.35. The minimum atomic E-state index is 0.598. The van der Waals surface area contributed by atoms with Crippen LogP contribution >= 0.6 is 0 Å². The van der Waals surface area contributed by atoms with Crippen LogP contribution in [0.2, 0.25) is 0 Å². The lowest BCUT2D eigenvalue weighted by Crippen LogP contribution is -2.46. The van der Waals surface area contributed by atoms with E-state index in [0.717, 1.165) is 37.7 Å². The summed E-state index contributed by atoms with van der Waals surface area (Å²) in [6, 6.07) is 14.0. The molecule has 5 heteroatoms. The Morgan fingerprint density at radius 2 is 1.68 bits per heavy atom. The fourth-order valence-electron chi connectivity index (χ4n) is 2.63. The van der Waals surface area contributed by atoms with Crippen LogP contribution in [0.3, 0.4) is 0 Å². The lowest BCUT2D eigenvalue weighted by Gasteiger charge is -2.36. The van der Waals surface area contributed by atoms with Crippen molar-refractivity contribution in [3.63, 3.8) is 0 Å². The lowest BCUT2D eigenvalue weighted by molar-refractivity contribution is 0.415. The topological polar surface area (TPSA) is 52.4 Å². The van der Waals surface area contributed by atoms with E-state index in [4.69, 9.17) is 10.00 Å². The Labute approximate surface area is 130 Å². The Morgan fingerprint density at radius 1 is 1.00 bits per heavy atom. The third kappa shape index (κ3) is 2.96. The van der Waals surface area contributed by atoms with Crippen molar-refractivity contribution in [2.24, 2.45) is 0 Å². The molecule has 0 spiro atoms. The number of hydrogen-bond acceptors (Lipinski definition) is 5. The van der Waals surface area contributed by atoms with Gasteiger partial charge in [-0.05, 0) is 36.4 Å². The van der Waals surface area contributed by atoms with Gasteiger partial charge in [0, 0.05) is 38.1 Å². The van der Waals surface area contributed by atoms with Crippen LogP contribution in [-0.2, 0) is 0 Å². The first-order valence-corrected chi connectivity index (χ1v) is 7.30. The third-order valence-corrected chi connectivity index (χ3v) is 3.92. The second-order valence-electron chi connectivity index (χ2n) is 5.19. The summed E-state index contributed by atoms with van der Waals surface area (Å²) < 4.78 is 5.19. The fraction of sp³-hybridized carbons (Fsp3) is 0.294. The number of nitriles is 1. The molecule has 0 bridgehead atoms. The molecule has 0 N–H and O–H groups in total. The minimum Gasteiger partial charge on any atom is -0.497 e. The molecule has 1 aromatic heterocycles. The minimum absolute atomic E-state index is 0.598. The van der Waals surface area contributed by atoms with Crippen molar-refractivity contribution in [3.8, 4) is 11.8 Å². The van der Waals surface area contributed by atoms with Gasteiger partial charge in [0.1, 0.15) is 17.6 Å². The van der Waals surface area contributed by atoms with Crippen LogP contribution in [0.25, 0.3) is 0 Å². The highest BCUT2D eigenvalue weighted by Crippen LogP contribution is 2.22. The summed E-state index contributed by atoms with van der Waals surface area (Å²) in [6.07, 6.45) is 1.63.